The van der Waals surface area contributed by atoms with Crippen LogP contribution in [0.4, 0.5) is 0 Å². The van der Waals surface area contributed by atoms with Crippen molar-refractivity contribution in [3.63, 3.8) is 0 Å². The Labute approximate surface area is 150 Å². The first kappa shape index (κ1) is 17.6. The van der Waals surface area contributed by atoms with E-state index in [9.17, 15) is 14.4 Å². The molecule has 8 nitrogen and oxygen atoms in total. The molecule has 0 bridgehead atoms. The smallest absolute Gasteiger partial charge is 0.309 e. The fourth-order valence-corrected chi connectivity index (χ4v) is 4.50. The summed E-state index contributed by atoms with van der Waals surface area (Å²) in [6, 6.07) is 0. The first-order valence-corrected chi connectivity index (χ1v) is 9.53. The molecule has 0 atom stereocenters. The van der Waals surface area contributed by atoms with Crippen LogP contribution in [-0.4, -0.2) is 30.5 Å². The lowest BCUT2D eigenvalue weighted by molar-refractivity contribution is 0.102. The third-order valence-electron chi connectivity index (χ3n) is 3.68. The van der Waals surface area contributed by atoms with Gasteiger partial charge >= 0.3 is 5.69 Å². The molecule has 0 fully saturated rings. The summed E-state index contributed by atoms with van der Waals surface area (Å²) in [5.74, 6) is 0.777. The molecule has 0 aliphatic carbocycles. The van der Waals surface area contributed by atoms with Crippen molar-refractivity contribution in [2.45, 2.75) is 44.6 Å². The molecule has 0 saturated carbocycles. The van der Waals surface area contributed by atoms with Crippen LogP contribution in [0.25, 0.3) is 10.2 Å². The van der Waals surface area contributed by atoms with Gasteiger partial charge in [0, 0.05) is 6.54 Å². The summed E-state index contributed by atoms with van der Waals surface area (Å²) < 4.78 is 1.56. The Kier molecular flexibility index (Phi) is 4.91. The molecule has 0 radical (unpaired) electrons. The number of ketones is 1. The van der Waals surface area contributed by atoms with Gasteiger partial charge in [0.05, 0.1) is 16.0 Å². The van der Waals surface area contributed by atoms with Gasteiger partial charge in [0.15, 0.2) is 10.9 Å². The zero-order valence-corrected chi connectivity index (χ0v) is 15.6. The maximum atomic E-state index is 12.4. The maximum Gasteiger partial charge on any atom is 0.343 e. The Morgan fingerprint density at radius 3 is 2.80 bits per heavy atom. The number of thioether (sulfide) groups is 1. The Balaban J connectivity index is 1.92. The lowest BCUT2D eigenvalue weighted by Gasteiger charge is -2.03. The predicted octanol–water partition coefficient (Wildman–Crippen LogP) is 2.08. The summed E-state index contributed by atoms with van der Waals surface area (Å²) in [6.07, 6.45) is 0.816. The minimum absolute atomic E-state index is 0.0732. The summed E-state index contributed by atoms with van der Waals surface area (Å²) in [5.41, 5.74) is 0.167. The minimum Gasteiger partial charge on any atom is -0.309 e. The normalized spacial score (nSPS) is 11.3. The number of nitrogens with one attached hydrogen (secondary N) is 2. The number of H-pyrrole nitrogens is 2. The molecule has 0 amide bonds. The molecule has 0 aliphatic heterocycles. The molecule has 25 heavy (non-hydrogen) atoms. The highest BCUT2D eigenvalue weighted by molar-refractivity contribution is 7.98. The SMILES string of the molecule is CCCn1c(SCc2nc3sc(C(C)=O)c(C)c3c(=O)[nH]2)n[nH]c1=O. The van der Waals surface area contributed by atoms with E-state index in [2.05, 4.69) is 20.2 Å². The van der Waals surface area contributed by atoms with E-state index < -0.39 is 0 Å². The van der Waals surface area contributed by atoms with E-state index in [1.165, 1.54) is 30.0 Å². The number of aromatic amines is 2. The maximum absolute atomic E-state index is 12.4. The molecule has 0 aromatic carbocycles. The van der Waals surface area contributed by atoms with Crippen molar-refractivity contribution in [2.75, 3.05) is 0 Å². The highest BCUT2D eigenvalue weighted by Gasteiger charge is 2.17. The summed E-state index contributed by atoms with van der Waals surface area (Å²) in [6.45, 7) is 5.79. The van der Waals surface area contributed by atoms with E-state index in [1.807, 2.05) is 6.92 Å². The van der Waals surface area contributed by atoms with Crippen LogP contribution in [0.5, 0.6) is 0 Å². The summed E-state index contributed by atoms with van der Waals surface area (Å²) in [5, 5.41) is 7.45. The number of fused-ring (bicyclic) bond motifs is 1. The van der Waals surface area contributed by atoms with Gasteiger partial charge in [-0.1, -0.05) is 18.7 Å². The van der Waals surface area contributed by atoms with Crippen LogP contribution in [-0.2, 0) is 12.3 Å². The van der Waals surface area contributed by atoms with E-state index >= 15 is 0 Å². The Bertz CT molecular complexity index is 1060. The predicted molar refractivity (Wildman–Crippen MR) is 97.7 cm³/mol. The lowest BCUT2D eigenvalue weighted by Crippen LogP contribution is -2.17. The van der Waals surface area contributed by atoms with Crippen LogP contribution < -0.4 is 11.2 Å². The molecule has 132 valence electrons. The number of aryl methyl sites for hydroxylation is 1. The Hall–Kier alpha value is -2.20. The van der Waals surface area contributed by atoms with Gasteiger partial charge in [0.1, 0.15) is 10.7 Å². The average Bonchev–Trinajstić information content (AvgIpc) is 3.07. The Morgan fingerprint density at radius 2 is 2.12 bits per heavy atom. The van der Waals surface area contributed by atoms with Crippen molar-refractivity contribution in [3.05, 3.63) is 37.1 Å². The fraction of sp³-hybridized carbons (Fsp3) is 0.400. The zero-order chi connectivity index (χ0) is 18.1. The monoisotopic (exact) mass is 379 g/mol. The molecular formula is C15H17N5O3S2. The first-order valence-electron chi connectivity index (χ1n) is 7.73. The van der Waals surface area contributed by atoms with Crippen LogP contribution >= 0.6 is 23.1 Å². The second-order valence-corrected chi connectivity index (χ2v) is 7.50. The van der Waals surface area contributed by atoms with E-state index in [4.69, 9.17) is 0 Å². The Morgan fingerprint density at radius 1 is 1.36 bits per heavy atom. The van der Waals surface area contributed by atoms with Crippen molar-refractivity contribution in [1.82, 2.24) is 24.7 Å². The fourth-order valence-electron chi connectivity index (χ4n) is 2.56. The molecule has 3 aromatic rings. The third-order valence-corrected chi connectivity index (χ3v) is 5.95. The van der Waals surface area contributed by atoms with Gasteiger partial charge < -0.3 is 4.98 Å². The van der Waals surface area contributed by atoms with Gasteiger partial charge in [-0.3, -0.25) is 14.2 Å². The molecule has 10 heteroatoms. The molecule has 0 unspecified atom stereocenters. The number of rotatable bonds is 6. The molecule has 3 heterocycles. The second-order valence-electron chi connectivity index (χ2n) is 5.56. The van der Waals surface area contributed by atoms with Crippen LogP contribution in [0.2, 0.25) is 0 Å². The van der Waals surface area contributed by atoms with Crippen molar-refractivity contribution in [3.8, 4) is 0 Å². The standard InChI is InChI=1S/C15H17N5O3S2/c1-4-5-20-14(23)18-19-15(20)24-6-9-16-12(22)10-7(2)11(8(3)21)25-13(10)17-9/h4-6H2,1-3H3,(H,18,23)(H,16,17,22). The molecule has 0 aliphatic rings. The van der Waals surface area contributed by atoms with Crippen molar-refractivity contribution in [1.29, 1.82) is 0 Å². The first-order chi connectivity index (χ1) is 11.9. The number of carbonyl (C=O) groups excluding carboxylic acids is 1. The van der Waals surface area contributed by atoms with Crippen molar-refractivity contribution < 1.29 is 4.79 Å². The van der Waals surface area contributed by atoms with Crippen LogP contribution in [0.3, 0.4) is 0 Å². The van der Waals surface area contributed by atoms with Gasteiger partial charge in [-0.2, -0.15) is 0 Å². The van der Waals surface area contributed by atoms with Gasteiger partial charge in [0.2, 0.25) is 0 Å². The highest BCUT2D eigenvalue weighted by atomic mass is 32.2. The topological polar surface area (TPSA) is 114 Å². The summed E-state index contributed by atoms with van der Waals surface area (Å²) in [7, 11) is 0. The number of hydrogen-bond donors (Lipinski definition) is 2. The molecule has 0 spiro atoms. The number of hydrogen-bond acceptors (Lipinski definition) is 7. The van der Waals surface area contributed by atoms with Crippen LogP contribution in [0, 0.1) is 6.92 Å². The van der Waals surface area contributed by atoms with Gasteiger partial charge in [-0.15, -0.1) is 16.4 Å². The molecule has 3 aromatic heterocycles. The zero-order valence-electron chi connectivity index (χ0n) is 14.0. The lowest BCUT2D eigenvalue weighted by atomic mass is 10.2. The molecule has 0 saturated heterocycles. The molecular weight excluding hydrogens is 362 g/mol. The number of thiophene rings is 1. The third kappa shape index (κ3) is 3.31. The molecule has 3 rings (SSSR count). The van der Waals surface area contributed by atoms with E-state index in [0.717, 1.165) is 6.42 Å². The van der Waals surface area contributed by atoms with Crippen molar-refractivity contribution in [2.24, 2.45) is 0 Å². The number of carbonyl (C=O) groups is 1. The van der Waals surface area contributed by atoms with Crippen molar-refractivity contribution >= 4 is 39.1 Å². The minimum atomic E-state index is -0.255. The quantitative estimate of drug-likeness (QED) is 0.501. The largest absolute Gasteiger partial charge is 0.343 e. The van der Waals surface area contributed by atoms with E-state index in [-0.39, 0.29) is 17.0 Å². The number of aromatic nitrogens is 5. The van der Waals surface area contributed by atoms with E-state index in [0.29, 0.717) is 43.9 Å². The van der Waals surface area contributed by atoms with Gasteiger partial charge in [-0.05, 0) is 25.8 Å². The van der Waals surface area contributed by atoms with Gasteiger partial charge in [-0.25, -0.2) is 14.9 Å². The van der Waals surface area contributed by atoms with Gasteiger partial charge in [0.25, 0.3) is 5.56 Å². The second kappa shape index (κ2) is 6.96. The molecule has 2 N–H and O–H groups in total. The highest BCUT2D eigenvalue weighted by Crippen LogP contribution is 2.28. The van der Waals surface area contributed by atoms with Crippen LogP contribution in [0.15, 0.2) is 14.7 Å². The average molecular weight is 379 g/mol. The summed E-state index contributed by atoms with van der Waals surface area (Å²) >= 11 is 2.55. The van der Waals surface area contributed by atoms with E-state index in [1.54, 1.807) is 11.5 Å². The summed E-state index contributed by atoms with van der Waals surface area (Å²) in [4.78, 5) is 44.0. The van der Waals surface area contributed by atoms with Crippen LogP contribution in [0.1, 0.15) is 41.3 Å². The number of Topliss-reactive ketones (excluding diaryl/α,β-unsaturated/α-hetero) is 1. The number of nitrogens with zero attached hydrogens (tertiary/aromatic N) is 3.